The molecule has 0 saturated carbocycles. The lowest BCUT2D eigenvalue weighted by Crippen LogP contribution is -2.35. The highest BCUT2D eigenvalue weighted by molar-refractivity contribution is 5.86. The second kappa shape index (κ2) is 5.12. The summed E-state index contributed by atoms with van der Waals surface area (Å²) in [5.41, 5.74) is 5.06. The maximum Gasteiger partial charge on any atom is 0.147 e. The largest absolute Gasteiger partial charge is 0.394 e. The number of nitrogens with zero attached hydrogens (tertiary/aromatic N) is 3. The zero-order valence-corrected chi connectivity index (χ0v) is 10.9. The summed E-state index contributed by atoms with van der Waals surface area (Å²) in [6.07, 6.45) is 2.82. The quantitative estimate of drug-likeness (QED) is 0.707. The maximum absolute atomic E-state index is 10.6. The van der Waals surface area contributed by atoms with Crippen LogP contribution >= 0.6 is 0 Å². The minimum atomic E-state index is -1.24. The molecule has 0 spiro atoms. The van der Waals surface area contributed by atoms with Gasteiger partial charge in [0.2, 0.25) is 0 Å². The van der Waals surface area contributed by atoms with Gasteiger partial charge in [-0.3, -0.25) is 0 Å². The van der Waals surface area contributed by atoms with Gasteiger partial charge in [-0.2, -0.15) is 0 Å². The van der Waals surface area contributed by atoms with Crippen molar-refractivity contribution in [2.45, 2.75) is 25.2 Å². The Bertz CT molecular complexity index is 563. The van der Waals surface area contributed by atoms with Gasteiger partial charge in [-0.1, -0.05) is 0 Å². The number of anilines is 1. The lowest BCUT2D eigenvalue weighted by Gasteiger charge is -2.29. The van der Waals surface area contributed by atoms with Crippen molar-refractivity contribution in [3.63, 3.8) is 0 Å². The van der Waals surface area contributed by atoms with E-state index in [0.29, 0.717) is 16.9 Å². The zero-order valence-electron chi connectivity index (χ0n) is 10.9. The molecule has 7 nitrogen and oxygen atoms in total. The van der Waals surface area contributed by atoms with Crippen molar-refractivity contribution in [1.29, 1.82) is 0 Å². The van der Waals surface area contributed by atoms with Crippen molar-refractivity contribution < 1.29 is 14.9 Å². The number of nitrogens with two attached hydrogens (primary N) is 1. The number of aliphatic hydroxyl groups is 2. The molecule has 0 bridgehead atoms. The summed E-state index contributed by atoms with van der Waals surface area (Å²) in [7, 11) is 1.49. The minimum Gasteiger partial charge on any atom is -0.394 e. The zero-order chi connectivity index (χ0) is 14.0. The molecule has 0 saturated heterocycles. The number of methoxy groups -OCH3 is 1. The lowest BCUT2D eigenvalue weighted by molar-refractivity contribution is -0.0771. The molecule has 2 aromatic rings. The Morgan fingerprint density at radius 3 is 2.89 bits per heavy atom. The Morgan fingerprint density at radius 2 is 2.26 bits per heavy atom. The summed E-state index contributed by atoms with van der Waals surface area (Å²) in [5.74, 6) is 0.366. The molecular weight excluding hydrogens is 248 g/mol. The van der Waals surface area contributed by atoms with Gasteiger partial charge in [0.1, 0.15) is 23.5 Å². The van der Waals surface area contributed by atoms with E-state index in [1.165, 1.54) is 13.4 Å². The topological polar surface area (TPSA) is 106 Å². The Labute approximate surface area is 110 Å². The van der Waals surface area contributed by atoms with Crippen LogP contribution in [0.15, 0.2) is 18.6 Å². The summed E-state index contributed by atoms with van der Waals surface area (Å²) in [4.78, 5) is 8.04. The van der Waals surface area contributed by atoms with E-state index < -0.39 is 11.8 Å². The van der Waals surface area contributed by atoms with Crippen molar-refractivity contribution in [1.82, 2.24) is 14.5 Å². The first-order valence-corrected chi connectivity index (χ1v) is 5.93. The first-order valence-electron chi connectivity index (χ1n) is 5.93. The van der Waals surface area contributed by atoms with Gasteiger partial charge in [0.15, 0.2) is 0 Å². The summed E-state index contributed by atoms with van der Waals surface area (Å²) in [6, 6.07) is 1.75. The highest BCUT2D eigenvalue weighted by atomic mass is 16.5. The average Bonchev–Trinajstić information content (AvgIpc) is 2.82. The van der Waals surface area contributed by atoms with Gasteiger partial charge in [-0.25, -0.2) is 9.97 Å². The Hall–Kier alpha value is -1.70. The van der Waals surface area contributed by atoms with Crippen LogP contribution in [0.1, 0.15) is 13.3 Å². The molecule has 2 rings (SSSR count). The van der Waals surface area contributed by atoms with E-state index in [4.69, 9.17) is 15.6 Å². The van der Waals surface area contributed by atoms with Gasteiger partial charge in [0.05, 0.1) is 18.1 Å². The van der Waals surface area contributed by atoms with Crippen molar-refractivity contribution in [3.8, 4) is 0 Å². The lowest BCUT2D eigenvalue weighted by atomic mass is 10.1. The van der Waals surface area contributed by atoms with Gasteiger partial charge in [-0.15, -0.1) is 0 Å². The fourth-order valence-corrected chi connectivity index (χ4v) is 2.11. The van der Waals surface area contributed by atoms with Gasteiger partial charge in [0, 0.05) is 19.7 Å². The second-order valence-electron chi connectivity index (χ2n) is 4.64. The molecule has 2 aromatic heterocycles. The number of fused-ring (bicyclic) bond motifs is 1. The Morgan fingerprint density at radius 1 is 1.53 bits per heavy atom. The van der Waals surface area contributed by atoms with Crippen LogP contribution in [0.25, 0.3) is 11.0 Å². The number of ether oxygens (including phenoxy) is 1. The van der Waals surface area contributed by atoms with E-state index >= 15 is 0 Å². The molecule has 0 aliphatic carbocycles. The summed E-state index contributed by atoms with van der Waals surface area (Å²) in [6.45, 7) is 1.47. The molecule has 0 aromatic carbocycles. The molecule has 0 aliphatic rings. The van der Waals surface area contributed by atoms with Crippen LogP contribution in [-0.2, 0) is 10.5 Å². The third kappa shape index (κ3) is 2.53. The molecular formula is C12H18N4O3. The minimum absolute atomic E-state index is 0.164. The molecule has 0 unspecified atom stereocenters. The van der Waals surface area contributed by atoms with Crippen LogP contribution in [0.3, 0.4) is 0 Å². The fourth-order valence-electron chi connectivity index (χ4n) is 2.11. The second-order valence-corrected chi connectivity index (χ2v) is 4.64. The molecule has 7 heteroatoms. The summed E-state index contributed by atoms with van der Waals surface area (Å²) >= 11 is 0. The highest BCUT2D eigenvalue weighted by Crippen LogP contribution is 2.27. The maximum atomic E-state index is 10.6. The number of aliphatic hydroxyl groups excluding tert-OH is 1. The van der Waals surface area contributed by atoms with Crippen LogP contribution in [0.5, 0.6) is 0 Å². The smallest absolute Gasteiger partial charge is 0.147 e. The van der Waals surface area contributed by atoms with Gasteiger partial charge < -0.3 is 25.3 Å². The van der Waals surface area contributed by atoms with E-state index in [-0.39, 0.29) is 13.0 Å². The van der Waals surface area contributed by atoms with Crippen LogP contribution < -0.4 is 5.73 Å². The van der Waals surface area contributed by atoms with Crippen LogP contribution in [-0.4, -0.2) is 44.6 Å². The molecule has 2 atom stereocenters. The van der Waals surface area contributed by atoms with Gasteiger partial charge >= 0.3 is 0 Å². The third-order valence-corrected chi connectivity index (χ3v) is 3.18. The van der Waals surface area contributed by atoms with Crippen LogP contribution in [0, 0.1) is 0 Å². The van der Waals surface area contributed by atoms with E-state index in [1.807, 2.05) is 0 Å². The molecule has 0 radical (unpaired) electrons. The number of aromatic nitrogens is 3. The number of rotatable bonds is 5. The Balaban J connectivity index is 2.40. The SMILES string of the molecule is CO[C@H](CO)C[C@](C)(O)n1ccc2c(N)ncnc21. The molecule has 2 heterocycles. The molecule has 104 valence electrons. The van der Waals surface area contributed by atoms with Gasteiger partial charge in [-0.05, 0) is 13.0 Å². The van der Waals surface area contributed by atoms with E-state index in [9.17, 15) is 5.11 Å². The van der Waals surface area contributed by atoms with Crippen molar-refractivity contribution >= 4 is 16.9 Å². The van der Waals surface area contributed by atoms with Crippen LogP contribution in [0.4, 0.5) is 5.82 Å². The standard InChI is InChI=1S/C12H18N4O3/c1-12(18,5-8(6-17)19-2)16-4-3-9-10(13)14-7-15-11(9)16/h3-4,7-8,17-18H,5-6H2,1-2H3,(H2,13,14,15)/t8-,12-/m0/s1. The average molecular weight is 266 g/mol. The fraction of sp³-hybridized carbons (Fsp3) is 0.500. The molecule has 19 heavy (non-hydrogen) atoms. The normalized spacial score (nSPS) is 16.4. The molecule has 0 fully saturated rings. The number of hydrogen-bond donors (Lipinski definition) is 3. The number of nitrogen functional groups attached to an aromatic ring is 1. The van der Waals surface area contributed by atoms with Gasteiger partial charge in [0.25, 0.3) is 0 Å². The molecule has 0 amide bonds. The predicted octanol–water partition coefficient (Wildman–Crippen LogP) is 0.0759. The van der Waals surface area contributed by atoms with E-state index in [0.717, 1.165) is 0 Å². The predicted molar refractivity (Wildman–Crippen MR) is 70.3 cm³/mol. The van der Waals surface area contributed by atoms with Crippen LogP contribution in [0.2, 0.25) is 0 Å². The molecule has 0 aliphatic heterocycles. The third-order valence-electron chi connectivity index (χ3n) is 3.18. The Kier molecular flexibility index (Phi) is 3.70. The van der Waals surface area contributed by atoms with Crippen molar-refractivity contribution in [2.24, 2.45) is 0 Å². The van der Waals surface area contributed by atoms with E-state index in [1.54, 1.807) is 23.8 Å². The highest BCUT2D eigenvalue weighted by Gasteiger charge is 2.28. The summed E-state index contributed by atoms with van der Waals surface area (Å²) in [5, 5.41) is 20.4. The summed E-state index contributed by atoms with van der Waals surface area (Å²) < 4.78 is 6.69. The molecule has 4 N–H and O–H groups in total. The number of hydrogen-bond acceptors (Lipinski definition) is 6. The van der Waals surface area contributed by atoms with Crippen molar-refractivity contribution in [3.05, 3.63) is 18.6 Å². The first kappa shape index (κ1) is 13.7. The van der Waals surface area contributed by atoms with Crippen molar-refractivity contribution in [2.75, 3.05) is 19.5 Å². The monoisotopic (exact) mass is 266 g/mol. The van der Waals surface area contributed by atoms with E-state index in [2.05, 4.69) is 9.97 Å². The first-order chi connectivity index (χ1) is 8.99.